The van der Waals surface area contributed by atoms with Gasteiger partial charge in [-0.3, -0.25) is 4.90 Å². The zero-order chi connectivity index (χ0) is 12.6. The molecule has 0 N–H and O–H groups in total. The first kappa shape index (κ1) is 13.6. The number of unbranched alkanes of at least 4 members (excludes halogenated alkanes) is 2. The van der Waals surface area contributed by atoms with Gasteiger partial charge in [0.25, 0.3) is 0 Å². The summed E-state index contributed by atoms with van der Waals surface area (Å²) in [6.45, 7) is 5.70. The van der Waals surface area contributed by atoms with Crippen LogP contribution in [0.15, 0.2) is 24.4 Å². The molecule has 0 amide bonds. The summed E-state index contributed by atoms with van der Waals surface area (Å²) in [5, 5.41) is 0. The van der Waals surface area contributed by atoms with Crippen LogP contribution in [0.25, 0.3) is 0 Å². The van der Waals surface area contributed by atoms with Crippen LogP contribution in [-0.2, 0) is 0 Å². The van der Waals surface area contributed by atoms with E-state index in [1.165, 1.54) is 19.4 Å². The van der Waals surface area contributed by atoms with E-state index in [9.17, 15) is 0 Å². The average Bonchev–Trinajstić information content (AvgIpc) is 2.45. The molecule has 0 bridgehead atoms. The van der Waals surface area contributed by atoms with Gasteiger partial charge in [-0.1, -0.05) is 12.5 Å². The Morgan fingerprint density at radius 1 is 1.06 bits per heavy atom. The number of rotatable bonds is 6. The number of aromatic nitrogens is 1. The second-order valence-electron chi connectivity index (χ2n) is 4.77. The molecule has 0 unspecified atom stereocenters. The first-order valence-electron chi connectivity index (χ1n) is 6.84. The molecule has 1 aliphatic heterocycles. The molecule has 1 aliphatic rings. The second kappa shape index (κ2) is 7.59. The molecule has 0 atom stereocenters. The van der Waals surface area contributed by atoms with Crippen molar-refractivity contribution in [3.8, 4) is 0 Å². The Bertz CT molecular complexity index is 323. The van der Waals surface area contributed by atoms with Crippen LogP contribution in [0.4, 0.5) is 5.82 Å². The predicted molar refractivity (Wildman–Crippen MR) is 77.5 cm³/mol. The van der Waals surface area contributed by atoms with E-state index in [2.05, 4.69) is 26.9 Å². The van der Waals surface area contributed by atoms with E-state index in [1.807, 2.05) is 12.3 Å². The third kappa shape index (κ3) is 4.14. The molecule has 2 rings (SSSR count). The molecule has 100 valence electrons. The summed E-state index contributed by atoms with van der Waals surface area (Å²) in [7, 11) is 0. The van der Waals surface area contributed by atoms with Crippen LogP contribution >= 0.6 is 11.6 Å². The second-order valence-corrected chi connectivity index (χ2v) is 5.14. The number of piperazine rings is 1. The van der Waals surface area contributed by atoms with E-state index < -0.39 is 0 Å². The Morgan fingerprint density at radius 2 is 1.89 bits per heavy atom. The van der Waals surface area contributed by atoms with Crippen LogP contribution in [0.1, 0.15) is 19.3 Å². The van der Waals surface area contributed by atoms with Crippen molar-refractivity contribution in [2.24, 2.45) is 0 Å². The highest BCUT2D eigenvalue weighted by Crippen LogP contribution is 2.12. The Morgan fingerprint density at radius 3 is 2.56 bits per heavy atom. The van der Waals surface area contributed by atoms with E-state index in [0.29, 0.717) is 0 Å². The molecule has 0 saturated carbocycles. The molecule has 4 heteroatoms. The Balaban J connectivity index is 1.68. The third-order valence-corrected chi connectivity index (χ3v) is 3.72. The molecular weight excluding hydrogens is 246 g/mol. The van der Waals surface area contributed by atoms with Crippen molar-refractivity contribution in [3.63, 3.8) is 0 Å². The fraction of sp³-hybridized carbons (Fsp3) is 0.643. The van der Waals surface area contributed by atoms with Gasteiger partial charge in [-0.25, -0.2) is 4.98 Å². The predicted octanol–water partition coefficient (Wildman–Crippen LogP) is 2.61. The summed E-state index contributed by atoms with van der Waals surface area (Å²) >= 11 is 5.68. The van der Waals surface area contributed by atoms with E-state index in [-0.39, 0.29) is 0 Å². The fourth-order valence-corrected chi connectivity index (χ4v) is 2.54. The van der Waals surface area contributed by atoms with E-state index in [4.69, 9.17) is 11.6 Å². The van der Waals surface area contributed by atoms with Gasteiger partial charge in [0, 0.05) is 38.3 Å². The molecule has 1 aromatic rings. The third-order valence-electron chi connectivity index (χ3n) is 3.45. The average molecular weight is 268 g/mol. The Labute approximate surface area is 115 Å². The molecule has 2 heterocycles. The highest BCUT2D eigenvalue weighted by Gasteiger charge is 2.16. The number of hydrogen-bond acceptors (Lipinski definition) is 3. The van der Waals surface area contributed by atoms with Gasteiger partial charge in [0.15, 0.2) is 0 Å². The highest BCUT2D eigenvalue weighted by molar-refractivity contribution is 6.17. The highest BCUT2D eigenvalue weighted by atomic mass is 35.5. The van der Waals surface area contributed by atoms with Crippen molar-refractivity contribution < 1.29 is 0 Å². The minimum Gasteiger partial charge on any atom is -0.354 e. The lowest BCUT2D eigenvalue weighted by atomic mass is 10.2. The normalized spacial score (nSPS) is 17.1. The van der Waals surface area contributed by atoms with E-state index in [1.54, 1.807) is 0 Å². The maximum absolute atomic E-state index is 5.68. The molecule has 3 nitrogen and oxygen atoms in total. The number of hydrogen-bond donors (Lipinski definition) is 0. The molecule has 1 saturated heterocycles. The molecular formula is C14H22ClN3. The molecule has 1 aromatic heterocycles. The quantitative estimate of drug-likeness (QED) is 0.583. The summed E-state index contributed by atoms with van der Waals surface area (Å²) in [6, 6.07) is 6.12. The van der Waals surface area contributed by atoms with Gasteiger partial charge in [0.1, 0.15) is 5.82 Å². The van der Waals surface area contributed by atoms with Crippen LogP contribution < -0.4 is 4.90 Å². The number of pyridine rings is 1. The first-order chi connectivity index (χ1) is 8.90. The summed E-state index contributed by atoms with van der Waals surface area (Å²) in [5.41, 5.74) is 0. The van der Waals surface area contributed by atoms with Crippen LogP contribution in [0.3, 0.4) is 0 Å². The number of nitrogens with zero attached hydrogens (tertiary/aromatic N) is 3. The molecule has 0 spiro atoms. The summed E-state index contributed by atoms with van der Waals surface area (Å²) in [5.74, 6) is 1.91. The van der Waals surface area contributed by atoms with Crippen molar-refractivity contribution in [1.29, 1.82) is 0 Å². The molecule has 0 radical (unpaired) electrons. The minimum absolute atomic E-state index is 0.799. The van der Waals surface area contributed by atoms with E-state index in [0.717, 1.165) is 44.3 Å². The maximum atomic E-state index is 5.68. The van der Waals surface area contributed by atoms with Gasteiger partial charge < -0.3 is 4.90 Å². The van der Waals surface area contributed by atoms with Gasteiger partial charge in [0.2, 0.25) is 0 Å². The van der Waals surface area contributed by atoms with Crippen LogP contribution in [0.5, 0.6) is 0 Å². The smallest absolute Gasteiger partial charge is 0.128 e. The summed E-state index contributed by atoms with van der Waals surface area (Å²) in [4.78, 5) is 9.33. The number of anilines is 1. The molecule has 0 aliphatic carbocycles. The number of halogens is 1. The van der Waals surface area contributed by atoms with Gasteiger partial charge in [-0.2, -0.15) is 0 Å². The standard InChI is InChI=1S/C14H22ClN3/c15-7-3-1-5-9-17-10-12-18(13-11-17)14-6-2-4-8-16-14/h2,4,6,8H,1,3,5,7,9-13H2. The van der Waals surface area contributed by atoms with Crippen molar-refractivity contribution in [3.05, 3.63) is 24.4 Å². The van der Waals surface area contributed by atoms with E-state index >= 15 is 0 Å². The minimum atomic E-state index is 0.799. The van der Waals surface area contributed by atoms with Crippen LogP contribution in [0, 0.1) is 0 Å². The van der Waals surface area contributed by atoms with Crippen molar-refractivity contribution in [2.45, 2.75) is 19.3 Å². The molecule has 0 aromatic carbocycles. The monoisotopic (exact) mass is 267 g/mol. The lowest BCUT2D eigenvalue weighted by Gasteiger charge is -2.35. The number of alkyl halides is 1. The lowest BCUT2D eigenvalue weighted by Crippen LogP contribution is -2.46. The van der Waals surface area contributed by atoms with Gasteiger partial charge in [-0.05, 0) is 31.5 Å². The topological polar surface area (TPSA) is 19.4 Å². The lowest BCUT2D eigenvalue weighted by molar-refractivity contribution is 0.252. The van der Waals surface area contributed by atoms with Crippen LogP contribution in [0.2, 0.25) is 0 Å². The molecule has 18 heavy (non-hydrogen) atoms. The van der Waals surface area contributed by atoms with Crippen LogP contribution in [-0.4, -0.2) is 48.5 Å². The van der Waals surface area contributed by atoms with Crippen molar-refractivity contribution in [2.75, 3.05) is 43.5 Å². The molecule has 1 fully saturated rings. The van der Waals surface area contributed by atoms with Crippen molar-refractivity contribution >= 4 is 17.4 Å². The summed E-state index contributed by atoms with van der Waals surface area (Å²) < 4.78 is 0. The zero-order valence-corrected chi connectivity index (χ0v) is 11.6. The van der Waals surface area contributed by atoms with Gasteiger partial charge in [0.05, 0.1) is 0 Å². The maximum Gasteiger partial charge on any atom is 0.128 e. The first-order valence-corrected chi connectivity index (χ1v) is 7.38. The largest absolute Gasteiger partial charge is 0.354 e. The fourth-order valence-electron chi connectivity index (χ4n) is 2.35. The van der Waals surface area contributed by atoms with Crippen molar-refractivity contribution in [1.82, 2.24) is 9.88 Å². The Kier molecular flexibility index (Phi) is 5.75. The Hall–Kier alpha value is -0.800. The van der Waals surface area contributed by atoms with Gasteiger partial charge >= 0.3 is 0 Å². The SMILES string of the molecule is ClCCCCCN1CCN(c2ccccn2)CC1. The van der Waals surface area contributed by atoms with Gasteiger partial charge in [-0.15, -0.1) is 11.6 Å². The zero-order valence-electron chi connectivity index (χ0n) is 10.9. The summed E-state index contributed by atoms with van der Waals surface area (Å²) in [6.07, 6.45) is 5.55.